The van der Waals surface area contributed by atoms with Gasteiger partial charge < -0.3 is 10.5 Å². The minimum atomic E-state index is -3.81. The van der Waals surface area contributed by atoms with E-state index >= 15 is 0 Å². The fourth-order valence-corrected chi connectivity index (χ4v) is 2.46. The van der Waals surface area contributed by atoms with Crippen LogP contribution in [0.1, 0.15) is 11.1 Å². The number of aryl methyl sites for hydroxylation is 1. The maximum Gasteiger partial charge on any atom is 0.322 e. The summed E-state index contributed by atoms with van der Waals surface area (Å²) in [6.07, 6.45) is 0. The smallest absolute Gasteiger partial charge is 0.322 e. The first kappa shape index (κ1) is 14.3. The van der Waals surface area contributed by atoms with Crippen LogP contribution in [0.25, 0.3) is 0 Å². The molecule has 100 valence electrons. The van der Waals surface area contributed by atoms with Crippen LogP contribution in [0.4, 0.5) is 11.4 Å². The third-order valence-electron chi connectivity index (χ3n) is 2.56. The van der Waals surface area contributed by atoms with E-state index in [4.69, 9.17) is 5.73 Å². The van der Waals surface area contributed by atoms with Crippen LogP contribution in [0.2, 0.25) is 0 Å². The Balaban J connectivity index is 3.05. The number of rotatable bonds is 4. The summed E-state index contributed by atoms with van der Waals surface area (Å²) in [6.45, 7) is 3.59. The van der Waals surface area contributed by atoms with Gasteiger partial charge in [-0.05, 0) is 31.0 Å². The van der Waals surface area contributed by atoms with Crippen molar-refractivity contribution in [3.63, 3.8) is 0 Å². The fourth-order valence-electron chi connectivity index (χ4n) is 1.38. The van der Waals surface area contributed by atoms with Crippen molar-refractivity contribution in [2.45, 2.75) is 13.8 Å². The molecule has 1 aromatic rings. The minimum absolute atomic E-state index is 0.305. The lowest BCUT2D eigenvalue weighted by Gasteiger charge is -2.14. The van der Waals surface area contributed by atoms with Crippen LogP contribution in [-0.2, 0) is 19.6 Å². The number of hydrogen-bond donors (Lipinski definition) is 2. The minimum Gasteiger partial charge on any atom is -0.468 e. The third kappa shape index (κ3) is 3.36. The largest absolute Gasteiger partial charge is 0.468 e. The number of ether oxygens (including phenoxy) is 1. The van der Waals surface area contributed by atoms with E-state index in [-0.39, 0.29) is 0 Å². The Kier molecular flexibility index (Phi) is 4.18. The first-order valence-corrected chi connectivity index (χ1v) is 6.85. The second-order valence-corrected chi connectivity index (χ2v) is 5.63. The van der Waals surface area contributed by atoms with Gasteiger partial charge in [0.05, 0.1) is 18.5 Å². The molecule has 1 rings (SSSR count). The van der Waals surface area contributed by atoms with Crippen LogP contribution in [-0.4, -0.2) is 27.2 Å². The SMILES string of the molecule is COC(=O)CS(=O)(=O)Nc1c(N)ccc(C)c1C. The molecule has 0 spiro atoms. The highest BCUT2D eigenvalue weighted by Gasteiger charge is 2.19. The summed E-state index contributed by atoms with van der Waals surface area (Å²) in [5.74, 6) is -1.57. The van der Waals surface area contributed by atoms with Crippen molar-refractivity contribution in [2.75, 3.05) is 23.3 Å². The van der Waals surface area contributed by atoms with E-state index in [0.29, 0.717) is 11.4 Å². The predicted molar refractivity (Wildman–Crippen MR) is 69.8 cm³/mol. The molecular weight excluding hydrogens is 256 g/mol. The number of esters is 1. The summed E-state index contributed by atoms with van der Waals surface area (Å²) >= 11 is 0. The Hall–Kier alpha value is -1.76. The van der Waals surface area contributed by atoms with Gasteiger partial charge in [0.2, 0.25) is 10.0 Å². The van der Waals surface area contributed by atoms with Crippen LogP contribution >= 0.6 is 0 Å². The monoisotopic (exact) mass is 272 g/mol. The number of anilines is 2. The molecule has 6 nitrogen and oxygen atoms in total. The zero-order chi connectivity index (χ0) is 13.9. The van der Waals surface area contributed by atoms with Crippen LogP contribution in [0.5, 0.6) is 0 Å². The lowest BCUT2D eigenvalue weighted by molar-refractivity contribution is -0.137. The molecule has 7 heteroatoms. The Morgan fingerprint density at radius 1 is 1.39 bits per heavy atom. The van der Waals surface area contributed by atoms with E-state index in [1.807, 2.05) is 6.92 Å². The first-order chi connectivity index (χ1) is 8.26. The molecular formula is C11H16N2O4S. The third-order valence-corrected chi connectivity index (χ3v) is 3.69. The van der Waals surface area contributed by atoms with Gasteiger partial charge in [0.15, 0.2) is 5.75 Å². The molecule has 0 radical (unpaired) electrons. The maximum absolute atomic E-state index is 11.7. The molecule has 0 heterocycles. The van der Waals surface area contributed by atoms with Crippen molar-refractivity contribution in [2.24, 2.45) is 0 Å². The molecule has 0 atom stereocenters. The van der Waals surface area contributed by atoms with Crippen LogP contribution in [0, 0.1) is 13.8 Å². The summed E-state index contributed by atoms with van der Waals surface area (Å²) in [4.78, 5) is 11.0. The predicted octanol–water partition coefficient (Wildman–Crippen LogP) is 0.800. The second-order valence-electron chi connectivity index (χ2n) is 3.91. The number of carbonyl (C=O) groups is 1. The van der Waals surface area contributed by atoms with Crippen LogP contribution < -0.4 is 10.5 Å². The van der Waals surface area contributed by atoms with E-state index in [1.165, 1.54) is 0 Å². The number of nitrogen functional groups attached to an aromatic ring is 1. The van der Waals surface area contributed by atoms with E-state index in [1.54, 1.807) is 19.1 Å². The molecule has 3 N–H and O–H groups in total. The number of nitrogens with two attached hydrogens (primary N) is 1. The van der Waals surface area contributed by atoms with Gasteiger partial charge in [0, 0.05) is 0 Å². The van der Waals surface area contributed by atoms with E-state index in [0.717, 1.165) is 18.2 Å². The quantitative estimate of drug-likeness (QED) is 0.624. The number of methoxy groups -OCH3 is 1. The summed E-state index contributed by atoms with van der Waals surface area (Å²) in [5, 5.41) is 0. The molecule has 0 amide bonds. The average Bonchev–Trinajstić information content (AvgIpc) is 2.29. The number of carbonyl (C=O) groups excluding carboxylic acids is 1. The molecule has 0 saturated carbocycles. The van der Waals surface area contributed by atoms with Crippen molar-refractivity contribution in [3.8, 4) is 0 Å². The highest BCUT2D eigenvalue weighted by Crippen LogP contribution is 2.26. The summed E-state index contributed by atoms with van der Waals surface area (Å²) < 4.78 is 30.1. The molecule has 0 aliphatic heterocycles. The normalized spacial score (nSPS) is 11.1. The Bertz CT molecular complexity index is 567. The van der Waals surface area contributed by atoms with Crippen LogP contribution in [0.15, 0.2) is 12.1 Å². The average molecular weight is 272 g/mol. The Morgan fingerprint density at radius 2 is 2.00 bits per heavy atom. The Labute approximate surface area is 106 Å². The molecule has 0 fully saturated rings. The van der Waals surface area contributed by atoms with E-state index < -0.39 is 21.7 Å². The van der Waals surface area contributed by atoms with Crippen molar-refractivity contribution < 1.29 is 17.9 Å². The topological polar surface area (TPSA) is 98.5 Å². The van der Waals surface area contributed by atoms with Crippen molar-refractivity contribution >= 4 is 27.4 Å². The van der Waals surface area contributed by atoms with Gasteiger partial charge in [-0.3, -0.25) is 9.52 Å². The highest BCUT2D eigenvalue weighted by molar-refractivity contribution is 7.93. The molecule has 18 heavy (non-hydrogen) atoms. The highest BCUT2D eigenvalue weighted by atomic mass is 32.2. The molecule has 0 aromatic heterocycles. The maximum atomic E-state index is 11.7. The van der Waals surface area contributed by atoms with Gasteiger partial charge in [-0.25, -0.2) is 8.42 Å². The first-order valence-electron chi connectivity index (χ1n) is 5.20. The van der Waals surface area contributed by atoms with E-state index in [2.05, 4.69) is 9.46 Å². The molecule has 0 aliphatic carbocycles. The molecule has 0 saturated heterocycles. The standard InChI is InChI=1S/C11H16N2O4S/c1-7-4-5-9(12)11(8(7)2)13-18(15,16)6-10(14)17-3/h4-5,13H,6,12H2,1-3H3. The van der Waals surface area contributed by atoms with Gasteiger partial charge in [-0.2, -0.15) is 0 Å². The van der Waals surface area contributed by atoms with E-state index in [9.17, 15) is 13.2 Å². The van der Waals surface area contributed by atoms with Gasteiger partial charge in [-0.1, -0.05) is 6.07 Å². The molecule has 1 aromatic carbocycles. The number of sulfonamides is 1. The van der Waals surface area contributed by atoms with Crippen LogP contribution in [0.3, 0.4) is 0 Å². The van der Waals surface area contributed by atoms with Gasteiger partial charge >= 0.3 is 5.97 Å². The summed E-state index contributed by atoms with van der Waals surface area (Å²) in [7, 11) is -2.68. The lowest BCUT2D eigenvalue weighted by atomic mass is 10.1. The zero-order valence-electron chi connectivity index (χ0n) is 10.5. The number of nitrogens with one attached hydrogen (secondary N) is 1. The second kappa shape index (κ2) is 5.26. The Morgan fingerprint density at radius 3 is 2.56 bits per heavy atom. The number of hydrogen-bond acceptors (Lipinski definition) is 5. The molecule has 0 bridgehead atoms. The van der Waals surface area contributed by atoms with Crippen molar-refractivity contribution in [3.05, 3.63) is 23.3 Å². The van der Waals surface area contributed by atoms with Crippen molar-refractivity contribution in [1.29, 1.82) is 0 Å². The van der Waals surface area contributed by atoms with Crippen molar-refractivity contribution in [1.82, 2.24) is 0 Å². The fraction of sp³-hybridized carbons (Fsp3) is 0.364. The van der Waals surface area contributed by atoms with Gasteiger partial charge in [-0.15, -0.1) is 0 Å². The molecule has 0 unspecified atom stereocenters. The lowest BCUT2D eigenvalue weighted by Crippen LogP contribution is -2.24. The van der Waals surface area contributed by atoms with Gasteiger partial charge in [0.1, 0.15) is 0 Å². The molecule has 0 aliphatic rings. The zero-order valence-corrected chi connectivity index (χ0v) is 11.3. The summed E-state index contributed by atoms with van der Waals surface area (Å²) in [5.41, 5.74) is 7.96. The number of benzene rings is 1. The summed E-state index contributed by atoms with van der Waals surface area (Å²) in [6, 6.07) is 3.40. The van der Waals surface area contributed by atoms with Gasteiger partial charge in [0.25, 0.3) is 0 Å².